The van der Waals surface area contributed by atoms with Gasteiger partial charge in [-0.15, -0.1) is 11.3 Å². The number of thiophene rings is 1. The lowest BCUT2D eigenvalue weighted by Crippen LogP contribution is -2.26. The number of carboxylic acids is 1. The number of carbonyl (C=O) groups excluding carboxylic acids is 1. The minimum Gasteiger partial charge on any atom is -0.481 e. The summed E-state index contributed by atoms with van der Waals surface area (Å²) in [4.78, 5) is 23.4. The number of Topliss-reactive ketones (excluding diaryl/α,β-unsaturated/α-hetero) is 1. The van der Waals surface area contributed by atoms with Crippen LogP contribution in [0.5, 0.6) is 0 Å². The number of unbranched alkanes of at least 4 members (excludes halogenated alkanes) is 1. The number of hydrogen-bond donors (Lipinski definition) is 2. The van der Waals surface area contributed by atoms with Crippen molar-refractivity contribution in [2.45, 2.75) is 57.0 Å². The number of carboxylic acid groups (broad SMARTS) is 1. The van der Waals surface area contributed by atoms with E-state index in [0.29, 0.717) is 12.8 Å². The van der Waals surface area contributed by atoms with Gasteiger partial charge in [-0.2, -0.15) is 0 Å². The van der Waals surface area contributed by atoms with Crippen LogP contribution in [0.15, 0.2) is 42.5 Å². The Balaban J connectivity index is 1.59. The van der Waals surface area contributed by atoms with E-state index in [0.717, 1.165) is 15.0 Å². The molecule has 0 unspecified atom stereocenters. The lowest BCUT2D eigenvalue weighted by Gasteiger charge is -2.23. The predicted octanol–water partition coefficient (Wildman–Crippen LogP) is 5.76. The zero-order valence-electron chi connectivity index (χ0n) is 16.6. The largest absolute Gasteiger partial charge is 0.481 e. The van der Waals surface area contributed by atoms with Crippen molar-refractivity contribution < 1.29 is 28.6 Å². The Bertz CT molecular complexity index is 888. The van der Waals surface area contributed by atoms with Gasteiger partial charge >= 0.3 is 5.97 Å². The SMILES string of the molecule is O=C(O)CCC/C=C\C[C@H]1C(=O)CC(F)(F)[C@@H]1CC[C@@H](O)c1cc2ccccc2s1. The molecule has 3 rings (SSSR count). The molecule has 0 saturated heterocycles. The van der Waals surface area contributed by atoms with Crippen LogP contribution in [0.3, 0.4) is 0 Å². The molecule has 1 saturated carbocycles. The molecule has 1 aromatic heterocycles. The van der Waals surface area contributed by atoms with E-state index in [9.17, 15) is 23.5 Å². The second kappa shape index (κ2) is 9.79. The van der Waals surface area contributed by atoms with Crippen molar-refractivity contribution in [3.63, 3.8) is 0 Å². The highest BCUT2D eigenvalue weighted by atomic mass is 32.1. The quantitative estimate of drug-likeness (QED) is 0.367. The van der Waals surface area contributed by atoms with Gasteiger partial charge in [-0.05, 0) is 49.6 Å². The van der Waals surface area contributed by atoms with Gasteiger partial charge in [0.15, 0.2) is 0 Å². The first-order valence-electron chi connectivity index (χ1n) is 10.2. The van der Waals surface area contributed by atoms with Crippen LogP contribution in [0.1, 0.15) is 55.9 Å². The number of halogens is 2. The van der Waals surface area contributed by atoms with Crippen molar-refractivity contribution in [2.75, 3.05) is 0 Å². The van der Waals surface area contributed by atoms with Gasteiger partial charge in [0.25, 0.3) is 5.92 Å². The molecule has 2 N–H and O–H groups in total. The molecule has 3 atom stereocenters. The summed E-state index contributed by atoms with van der Waals surface area (Å²) in [5.74, 6) is -6.20. The van der Waals surface area contributed by atoms with E-state index < -0.39 is 42.0 Å². The standard InChI is InChI=1S/C23H26F2O4S/c24-23(25)14-19(27)16(8-3-1-2-4-10-22(28)29)17(23)11-12-18(26)21-13-15-7-5-6-9-20(15)30-21/h1,3,5-7,9,13,16-18,26H,2,4,8,10-12,14H2,(H,28,29)/b3-1-/t16-,17-,18-/m1/s1. The molecular weight excluding hydrogens is 410 g/mol. The number of hydrogen-bond acceptors (Lipinski definition) is 4. The van der Waals surface area contributed by atoms with Gasteiger partial charge in [-0.1, -0.05) is 30.4 Å². The molecule has 1 heterocycles. The van der Waals surface area contributed by atoms with E-state index >= 15 is 0 Å². The van der Waals surface area contributed by atoms with Gasteiger partial charge in [0.2, 0.25) is 0 Å². The van der Waals surface area contributed by atoms with Crippen molar-refractivity contribution in [2.24, 2.45) is 11.8 Å². The van der Waals surface area contributed by atoms with Gasteiger partial charge < -0.3 is 10.2 Å². The highest BCUT2D eigenvalue weighted by Crippen LogP contribution is 2.47. The monoisotopic (exact) mass is 436 g/mol. The highest BCUT2D eigenvalue weighted by molar-refractivity contribution is 7.19. The maximum atomic E-state index is 14.5. The van der Waals surface area contributed by atoms with Gasteiger partial charge in [0, 0.05) is 27.8 Å². The minimum absolute atomic E-state index is 0.0585. The summed E-state index contributed by atoms with van der Waals surface area (Å²) in [5.41, 5.74) is 0. The van der Waals surface area contributed by atoms with Crippen LogP contribution >= 0.6 is 11.3 Å². The summed E-state index contributed by atoms with van der Waals surface area (Å²) >= 11 is 1.46. The Morgan fingerprint density at radius 1 is 1.30 bits per heavy atom. The van der Waals surface area contributed by atoms with Crippen molar-refractivity contribution in [1.29, 1.82) is 0 Å². The fraction of sp³-hybridized carbons (Fsp3) is 0.478. The lowest BCUT2D eigenvalue weighted by molar-refractivity contribution is -0.137. The molecule has 0 radical (unpaired) electrons. The highest BCUT2D eigenvalue weighted by Gasteiger charge is 2.53. The fourth-order valence-electron chi connectivity index (χ4n) is 4.10. The Morgan fingerprint density at radius 2 is 2.07 bits per heavy atom. The molecule has 7 heteroatoms. The van der Waals surface area contributed by atoms with E-state index in [-0.39, 0.29) is 25.7 Å². The maximum absolute atomic E-state index is 14.5. The summed E-state index contributed by atoms with van der Waals surface area (Å²) in [5, 5.41) is 20.2. The van der Waals surface area contributed by atoms with Crippen molar-refractivity contribution in [1.82, 2.24) is 0 Å². The van der Waals surface area contributed by atoms with E-state index in [2.05, 4.69) is 0 Å². The average Bonchev–Trinajstić information content (AvgIpc) is 3.20. The topological polar surface area (TPSA) is 74.6 Å². The molecule has 30 heavy (non-hydrogen) atoms. The summed E-state index contributed by atoms with van der Waals surface area (Å²) in [6.07, 6.45) is 3.45. The van der Waals surface area contributed by atoms with Gasteiger partial charge in [-0.25, -0.2) is 8.78 Å². The minimum atomic E-state index is -3.06. The summed E-state index contributed by atoms with van der Waals surface area (Å²) < 4.78 is 30.0. The number of aliphatic hydroxyl groups excluding tert-OH is 1. The zero-order chi connectivity index (χ0) is 21.7. The molecule has 1 fully saturated rings. The number of aliphatic carboxylic acids is 1. The van der Waals surface area contributed by atoms with Gasteiger partial charge in [0.1, 0.15) is 5.78 Å². The Labute approximate surface area is 178 Å². The van der Waals surface area contributed by atoms with Crippen LogP contribution in [0, 0.1) is 11.8 Å². The number of allylic oxidation sites excluding steroid dienone is 2. The maximum Gasteiger partial charge on any atom is 0.303 e. The van der Waals surface area contributed by atoms with E-state index in [1.54, 1.807) is 12.2 Å². The summed E-state index contributed by atoms with van der Waals surface area (Å²) in [6.45, 7) is 0. The number of benzene rings is 1. The molecule has 1 aromatic carbocycles. The molecule has 0 spiro atoms. The number of carbonyl (C=O) groups is 2. The second-order valence-electron chi connectivity index (χ2n) is 7.89. The molecule has 1 aliphatic rings. The smallest absolute Gasteiger partial charge is 0.303 e. The molecule has 162 valence electrons. The Kier molecular flexibility index (Phi) is 7.36. The second-order valence-corrected chi connectivity index (χ2v) is 9.01. The molecule has 1 aliphatic carbocycles. The van der Waals surface area contributed by atoms with E-state index in [4.69, 9.17) is 5.11 Å². The Hall–Kier alpha value is -2.12. The van der Waals surface area contributed by atoms with Gasteiger partial charge in [0.05, 0.1) is 12.5 Å². The number of alkyl halides is 2. The van der Waals surface area contributed by atoms with Crippen molar-refractivity contribution in [3.8, 4) is 0 Å². The first-order valence-corrected chi connectivity index (χ1v) is 11.0. The third-order valence-electron chi connectivity index (χ3n) is 5.69. The average molecular weight is 437 g/mol. The number of aliphatic hydroxyl groups is 1. The third kappa shape index (κ3) is 5.52. The fourth-order valence-corrected chi connectivity index (χ4v) is 5.18. The zero-order valence-corrected chi connectivity index (χ0v) is 17.4. The van der Waals surface area contributed by atoms with Crippen LogP contribution in [0.4, 0.5) is 8.78 Å². The summed E-state index contributed by atoms with van der Waals surface area (Å²) in [7, 11) is 0. The normalized spacial score (nSPS) is 22.2. The summed E-state index contributed by atoms with van der Waals surface area (Å²) in [6, 6.07) is 9.62. The van der Waals surface area contributed by atoms with Crippen LogP contribution in [0.2, 0.25) is 0 Å². The van der Waals surface area contributed by atoms with Crippen LogP contribution < -0.4 is 0 Å². The van der Waals surface area contributed by atoms with Crippen LogP contribution in [0.25, 0.3) is 10.1 Å². The molecular formula is C23H26F2O4S. The predicted molar refractivity (Wildman–Crippen MR) is 113 cm³/mol. The number of rotatable bonds is 10. The molecule has 0 amide bonds. The molecule has 4 nitrogen and oxygen atoms in total. The van der Waals surface area contributed by atoms with Crippen LogP contribution in [-0.4, -0.2) is 27.9 Å². The first kappa shape index (κ1) is 22.6. The van der Waals surface area contributed by atoms with Gasteiger partial charge in [-0.3, -0.25) is 9.59 Å². The lowest BCUT2D eigenvalue weighted by atomic mass is 9.86. The number of ketones is 1. The van der Waals surface area contributed by atoms with Crippen molar-refractivity contribution in [3.05, 3.63) is 47.4 Å². The number of fused-ring (bicyclic) bond motifs is 1. The Morgan fingerprint density at radius 3 is 2.80 bits per heavy atom. The third-order valence-corrected chi connectivity index (χ3v) is 6.91. The van der Waals surface area contributed by atoms with E-state index in [1.807, 2.05) is 30.3 Å². The molecule has 0 bridgehead atoms. The first-order chi connectivity index (χ1) is 14.3. The van der Waals surface area contributed by atoms with Crippen LogP contribution in [-0.2, 0) is 9.59 Å². The van der Waals surface area contributed by atoms with Crippen molar-refractivity contribution >= 4 is 33.2 Å². The van der Waals surface area contributed by atoms with E-state index in [1.165, 1.54) is 11.3 Å². The molecule has 0 aliphatic heterocycles. The molecule has 2 aromatic rings.